The zero-order valence-corrected chi connectivity index (χ0v) is 18.5. The monoisotopic (exact) mass is 435 g/mol. The topological polar surface area (TPSA) is 44.3 Å². The van der Waals surface area contributed by atoms with E-state index in [2.05, 4.69) is 99.9 Å². The molecule has 8 heteroatoms. The summed E-state index contributed by atoms with van der Waals surface area (Å²) in [6.45, 7) is 1.64. The summed E-state index contributed by atoms with van der Waals surface area (Å²) in [4.78, 5) is 13.3. The van der Waals surface area contributed by atoms with E-state index in [1.54, 1.807) is 6.20 Å². The molecule has 0 fully saturated rings. The molecule has 162 valence electrons. The van der Waals surface area contributed by atoms with Crippen LogP contribution in [0.1, 0.15) is 0 Å². The van der Waals surface area contributed by atoms with Gasteiger partial charge in [0, 0.05) is 61.9 Å². The predicted molar refractivity (Wildman–Crippen MR) is 130 cm³/mol. The molecule has 0 unspecified atom stereocenters. The smallest absolute Gasteiger partial charge is 0.263 e. The largest absolute Gasteiger partial charge is 0.458 e. The van der Waals surface area contributed by atoms with Crippen molar-refractivity contribution in [1.82, 2.24) is 14.8 Å². The first-order chi connectivity index (χ1) is 16.1. The van der Waals surface area contributed by atoms with E-state index in [4.69, 9.17) is 9.47 Å². The first-order valence-electron chi connectivity index (χ1n) is 11.1. The van der Waals surface area contributed by atoms with Crippen LogP contribution in [0.15, 0.2) is 73.5 Å². The van der Waals surface area contributed by atoms with E-state index < -0.39 is 0 Å². The summed E-state index contributed by atoms with van der Waals surface area (Å²) in [6.07, 6.45) is 10.1. The Labute approximate surface area is 192 Å². The molecule has 33 heavy (non-hydrogen) atoms. The third kappa shape index (κ3) is 2.80. The molecular weight excluding hydrogens is 413 g/mol. The van der Waals surface area contributed by atoms with Crippen molar-refractivity contribution in [1.29, 1.82) is 0 Å². The number of hydrogen-bond acceptors (Lipinski definition) is 7. The van der Waals surface area contributed by atoms with Gasteiger partial charge in [0.25, 0.3) is 6.71 Å². The molecule has 0 spiro atoms. The van der Waals surface area contributed by atoms with Crippen molar-refractivity contribution in [2.45, 2.75) is 0 Å². The number of aromatic nitrogens is 1. The average Bonchev–Trinajstić information content (AvgIpc) is 3.46. The lowest BCUT2D eigenvalue weighted by molar-refractivity contribution is 0.450. The number of nitrogens with zero attached hydrogens (tertiary/aromatic N) is 5. The average molecular weight is 435 g/mol. The van der Waals surface area contributed by atoms with Gasteiger partial charge in [-0.25, -0.2) is 4.98 Å². The van der Waals surface area contributed by atoms with Gasteiger partial charge in [0.1, 0.15) is 17.2 Å². The minimum absolute atomic E-state index is 0.00951. The van der Waals surface area contributed by atoms with E-state index in [0.29, 0.717) is 5.88 Å². The molecule has 4 aliphatic rings. The zero-order valence-electron chi connectivity index (χ0n) is 18.5. The van der Waals surface area contributed by atoms with Crippen LogP contribution in [0.4, 0.5) is 11.4 Å². The molecule has 0 amide bonds. The number of rotatable bonds is 2. The minimum Gasteiger partial charge on any atom is -0.458 e. The minimum atomic E-state index is -0.00951. The summed E-state index contributed by atoms with van der Waals surface area (Å²) in [5.41, 5.74) is 5.54. The highest BCUT2D eigenvalue weighted by atomic mass is 16.5. The Kier molecular flexibility index (Phi) is 3.77. The third-order valence-corrected chi connectivity index (χ3v) is 6.65. The van der Waals surface area contributed by atoms with Crippen molar-refractivity contribution in [3.63, 3.8) is 0 Å². The lowest BCUT2D eigenvalue weighted by Gasteiger charge is -2.33. The maximum Gasteiger partial charge on any atom is 0.263 e. The maximum atomic E-state index is 6.33. The highest BCUT2D eigenvalue weighted by Crippen LogP contribution is 2.35. The lowest BCUT2D eigenvalue weighted by atomic mass is 9.35. The number of anilines is 2. The van der Waals surface area contributed by atoms with Crippen molar-refractivity contribution in [2.75, 3.05) is 37.2 Å². The van der Waals surface area contributed by atoms with E-state index in [0.717, 1.165) is 58.3 Å². The van der Waals surface area contributed by atoms with E-state index in [9.17, 15) is 0 Å². The van der Waals surface area contributed by atoms with Crippen LogP contribution >= 0.6 is 0 Å². The Bertz CT molecular complexity index is 1260. The van der Waals surface area contributed by atoms with Gasteiger partial charge < -0.3 is 29.1 Å². The van der Waals surface area contributed by atoms with Gasteiger partial charge in [-0.2, -0.15) is 0 Å². The number of pyridine rings is 1. The van der Waals surface area contributed by atoms with Crippen molar-refractivity contribution in [3.8, 4) is 23.1 Å². The normalized spacial score (nSPS) is 17.1. The molecule has 0 saturated carbocycles. The SMILES string of the molecule is CN1C=CN(c2ccc3c(c2)B2c4cc(N5C=CN(C)C5)ccc4Oc4nccc(c42)O3)C1. The highest BCUT2D eigenvalue weighted by molar-refractivity contribution is 6.98. The van der Waals surface area contributed by atoms with Crippen LogP contribution in [-0.2, 0) is 0 Å². The molecule has 0 atom stereocenters. The van der Waals surface area contributed by atoms with Gasteiger partial charge in [0.2, 0.25) is 5.88 Å². The van der Waals surface area contributed by atoms with Crippen molar-refractivity contribution in [3.05, 3.63) is 73.5 Å². The second-order valence-corrected chi connectivity index (χ2v) is 8.94. The van der Waals surface area contributed by atoms with Gasteiger partial charge in [-0.3, -0.25) is 0 Å². The van der Waals surface area contributed by atoms with E-state index in [-0.39, 0.29) is 6.71 Å². The fourth-order valence-electron chi connectivity index (χ4n) is 5.03. The Morgan fingerprint density at radius 3 is 1.91 bits per heavy atom. The molecule has 0 radical (unpaired) electrons. The maximum absolute atomic E-state index is 6.33. The van der Waals surface area contributed by atoms with Crippen LogP contribution in [0, 0.1) is 0 Å². The Balaban J connectivity index is 1.39. The lowest BCUT2D eigenvalue weighted by Crippen LogP contribution is -2.57. The molecule has 7 rings (SSSR count). The first-order valence-corrected chi connectivity index (χ1v) is 11.1. The Hall–Kier alpha value is -4.07. The molecule has 0 saturated heterocycles. The number of hydrogen-bond donors (Lipinski definition) is 0. The molecule has 3 aromatic rings. The van der Waals surface area contributed by atoms with Gasteiger partial charge in [-0.1, -0.05) is 0 Å². The standard InChI is InChI=1S/C25H22BN5O2/c1-28-9-11-30(15-28)17-3-5-21-19(13-17)26-20-14-18(31-12-10-29(2)16-31)4-6-22(20)33-25-24(26)23(32-21)7-8-27-25/h3-14H,15-16H2,1-2H3. The predicted octanol–water partition coefficient (Wildman–Crippen LogP) is 2.17. The summed E-state index contributed by atoms with van der Waals surface area (Å²) >= 11 is 0. The van der Waals surface area contributed by atoms with Crippen LogP contribution < -0.4 is 35.7 Å². The van der Waals surface area contributed by atoms with Crippen molar-refractivity contribution >= 4 is 34.5 Å². The van der Waals surface area contributed by atoms with Crippen LogP contribution in [0.3, 0.4) is 0 Å². The molecule has 0 aliphatic carbocycles. The van der Waals surface area contributed by atoms with E-state index in [1.807, 2.05) is 6.07 Å². The van der Waals surface area contributed by atoms with Crippen LogP contribution in [0.25, 0.3) is 0 Å². The second-order valence-electron chi connectivity index (χ2n) is 8.94. The summed E-state index contributed by atoms with van der Waals surface area (Å²) in [6, 6.07) is 14.8. The quantitative estimate of drug-likeness (QED) is 0.394. The van der Waals surface area contributed by atoms with Gasteiger partial charge in [-0.15, -0.1) is 0 Å². The van der Waals surface area contributed by atoms with Crippen LogP contribution in [0.5, 0.6) is 23.1 Å². The van der Waals surface area contributed by atoms with Gasteiger partial charge >= 0.3 is 0 Å². The molecule has 4 aliphatic heterocycles. The summed E-state index contributed by atoms with van der Waals surface area (Å²) in [7, 11) is 4.15. The highest BCUT2D eigenvalue weighted by Gasteiger charge is 2.41. The molecule has 7 nitrogen and oxygen atoms in total. The fourth-order valence-corrected chi connectivity index (χ4v) is 5.03. The fraction of sp³-hybridized carbons (Fsp3) is 0.160. The number of benzene rings is 2. The van der Waals surface area contributed by atoms with E-state index >= 15 is 0 Å². The summed E-state index contributed by atoms with van der Waals surface area (Å²) in [5, 5.41) is 0. The second kappa shape index (κ2) is 6.72. The first kappa shape index (κ1) is 18.5. The molecule has 0 N–H and O–H groups in total. The number of ether oxygens (including phenoxy) is 2. The van der Waals surface area contributed by atoms with Gasteiger partial charge in [0.15, 0.2) is 0 Å². The van der Waals surface area contributed by atoms with Gasteiger partial charge in [-0.05, 0) is 53.4 Å². The summed E-state index contributed by atoms with van der Waals surface area (Å²) < 4.78 is 12.6. The van der Waals surface area contributed by atoms with Crippen molar-refractivity contribution < 1.29 is 9.47 Å². The van der Waals surface area contributed by atoms with E-state index in [1.165, 1.54) is 0 Å². The Morgan fingerprint density at radius 2 is 1.33 bits per heavy atom. The third-order valence-electron chi connectivity index (χ3n) is 6.65. The Morgan fingerprint density at radius 1 is 0.727 bits per heavy atom. The molecule has 1 aromatic heterocycles. The molecule has 2 aromatic carbocycles. The zero-order chi connectivity index (χ0) is 22.1. The molecular formula is C25H22BN5O2. The number of fused-ring (bicyclic) bond motifs is 4. The summed E-state index contributed by atoms with van der Waals surface area (Å²) in [5.74, 6) is 3.15. The van der Waals surface area contributed by atoms with Crippen LogP contribution in [-0.4, -0.2) is 48.9 Å². The van der Waals surface area contributed by atoms with Gasteiger partial charge in [0.05, 0.1) is 13.3 Å². The molecule has 0 bridgehead atoms. The van der Waals surface area contributed by atoms with Crippen molar-refractivity contribution in [2.24, 2.45) is 0 Å². The van der Waals surface area contributed by atoms with Crippen LogP contribution in [0.2, 0.25) is 0 Å². The molecule has 5 heterocycles.